The Bertz CT molecular complexity index is 102. The minimum absolute atomic E-state index is 0. The molecule has 1 aliphatic heterocycles. The molecule has 0 aromatic rings. The highest BCUT2D eigenvalue weighted by Crippen LogP contribution is 2.07. The van der Waals surface area contributed by atoms with Crippen LogP contribution in [0.2, 0.25) is 0 Å². The van der Waals surface area contributed by atoms with Gasteiger partial charge in [0, 0.05) is 25.5 Å². The van der Waals surface area contributed by atoms with Gasteiger partial charge < -0.3 is 4.74 Å². The van der Waals surface area contributed by atoms with E-state index >= 15 is 0 Å². The third kappa shape index (κ3) is 4.38. The van der Waals surface area contributed by atoms with Crippen molar-refractivity contribution in [3.05, 3.63) is 0 Å². The normalized spacial score (nSPS) is 26.2. The smallest absolute Gasteiger partial charge is 0.143 e. The second-order valence-corrected chi connectivity index (χ2v) is 3.14. The first-order chi connectivity index (χ1) is 4.83. The maximum atomic E-state index is 5.74. The van der Waals surface area contributed by atoms with Crippen molar-refractivity contribution in [1.29, 1.82) is 0 Å². The third-order valence-electron chi connectivity index (χ3n) is 1.51. The average Bonchev–Trinajstić information content (AvgIpc) is 1.88. The monoisotopic (exact) mass is 219 g/mol. The number of hydrogen-bond donors (Lipinski definition) is 0. The van der Waals surface area contributed by atoms with Gasteiger partial charge in [0.1, 0.15) is 5.56 Å². The molecule has 0 bridgehead atoms. The fourth-order valence-electron chi connectivity index (χ4n) is 0.979. The minimum Gasteiger partial charge on any atom is -0.360 e. The first-order valence-electron chi connectivity index (χ1n) is 3.37. The molecule has 5 heteroatoms. The number of hydrogen-bond acceptors (Lipinski definition) is 2. The van der Waals surface area contributed by atoms with Crippen LogP contribution in [0, 0.1) is 0 Å². The first-order valence-corrected chi connectivity index (χ1v) is 4.34. The highest BCUT2D eigenvalue weighted by Gasteiger charge is 2.16. The SMILES string of the molecule is Cl.ClCCN1CCOC(Cl)C1. The number of nitrogens with zero attached hydrogens (tertiary/aromatic N) is 1. The number of rotatable bonds is 2. The maximum Gasteiger partial charge on any atom is 0.143 e. The minimum atomic E-state index is -0.142. The Balaban J connectivity index is 0.000001000. The van der Waals surface area contributed by atoms with Crippen LogP contribution >= 0.6 is 35.6 Å². The molecule has 1 aliphatic rings. The Morgan fingerprint density at radius 2 is 2.27 bits per heavy atom. The lowest BCUT2D eigenvalue weighted by Gasteiger charge is -2.28. The van der Waals surface area contributed by atoms with Gasteiger partial charge in [-0.05, 0) is 0 Å². The zero-order valence-corrected chi connectivity index (χ0v) is 8.46. The van der Waals surface area contributed by atoms with E-state index in [2.05, 4.69) is 4.90 Å². The van der Waals surface area contributed by atoms with Crippen molar-refractivity contribution in [2.75, 3.05) is 32.1 Å². The van der Waals surface area contributed by atoms with Crippen molar-refractivity contribution in [2.45, 2.75) is 5.56 Å². The van der Waals surface area contributed by atoms with E-state index in [4.69, 9.17) is 27.9 Å². The third-order valence-corrected chi connectivity index (χ3v) is 1.94. The Labute approximate surface area is 83.2 Å². The van der Waals surface area contributed by atoms with Crippen LogP contribution in [0.25, 0.3) is 0 Å². The second-order valence-electron chi connectivity index (χ2n) is 2.27. The summed E-state index contributed by atoms with van der Waals surface area (Å²) in [6.45, 7) is 3.39. The molecular weight excluding hydrogens is 208 g/mol. The van der Waals surface area contributed by atoms with Gasteiger partial charge >= 0.3 is 0 Å². The van der Waals surface area contributed by atoms with Crippen LogP contribution in [-0.4, -0.2) is 42.6 Å². The van der Waals surface area contributed by atoms with Gasteiger partial charge in [-0.3, -0.25) is 4.90 Å². The molecular formula is C6H12Cl3NO. The van der Waals surface area contributed by atoms with Crippen molar-refractivity contribution in [1.82, 2.24) is 4.90 Å². The van der Waals surface area contributed by atoms with E-state index in [1.807, 2.05) is 0 Å². The van der Waals surface area contributed by atoms with Crippen LogP contribution in [-0.2, 0) is 4.74 Å². The quantitative estimate of drug-likeness (QED) is 0.655. The van der Waals surface area contributed by atoms with Gasteiger partial charge in [0.2, 0.25) is 0 Å². The van der Waals surface area contributed by atoms with Crippen molar-refractivity contribution in [3.63, 3.8) is 0 Å². The molecule has 0 saturated carbocycles. The lowest BCUT2D eigenvalue weighted by atomic mass is 10.4. The average molecular weight is 221 g/mol. The van der Waals surface area contributed by atoms with Crippen molar-refractivity contribution >= 4 is 35.6 Å². The first kappa shape index (κ1) is 11.8. The van der Waals surface area contributed by atoms with E-state index in [-0.39, 0.29) is 18.0 Å². The number of ether oxygens (including phenoxy) is 1. The molecule has 0 amide bonds. The summed E-state index contributed by atoms with van der Waals surface area (Å²) in [5, 5.41) is 0. The summed E-state index contributed by atoms with van der Waals surface area (Å²) >= 11 is 11.3. The lowest BCUT2D eigenvalue weighted by molar-refractivity contribution is 0.0168. The molecule has 0 aliphatic carbocycles. The summed E-state index contributed by atoms with van der Waals surface area (Å²) in [5.74, 6) is 0.670. The number of morpholine rings is 1. The predicted molar refractivity (Wildman–Crippen MR) is 50.0 cm³/mol. The number of halogens is 3. The van der Waals surface area contributed by atoms with E-state index in [0.29, 0.717) is 5.88 Å². The largest absolute Gasteiger partial charge is 0.360 e. The molecule has 1 unspecified atom stereocenters. The summed E-state index contributed by atoms with van der Waals surface area (Å²) in [4.78, 5) is 2.20. The Hall–Kier alpha value is 0.790. The molecule has 0 aromatic heterocycles. The molecule has 1 atom stereocenters. The van der Waals surface area contributed by atoms with Gasteiger partial charge in [0.15, 0.2) is 0 Å². The zero-order valence-electron chi connectivity index (χ0n) is 6.13. The Morgan fingerprint density at radius 3 is 2.82 bits per heavy atom. The summed E-state index contributed by atoms with van der Waals surface area (Å²) < 4.78 is 5.14. The van der Waals surface area contributed by atoms with Gasteiger partial charge in [-0.15, -0.1) is 24.0 Å². The van der Waals surface area contributed by atoms with Crippen LogP contribution in [0.1, 0.15) is 0 Å². The van der Waals surface area contributed by atoms with Crippen molar-refractivity contribution < 1.29 is 4.74 Å². The predicted octanol–water partition coefficient (Wildman–Crippen LogP) is 1.54. The van der Waals surface area contributed by atoms with E-state index in [1.165, 1.54) is 0 Å². The molecule has 0 radical (unpaired) electrons. The van der Waals surface area contributed by atoms with Crippen LogP contribution in [0.4, 0.5) is 0 Å². The molecule has 1 saturated heterocycles. The molecule has 1 rings (SSSR count). The number of alkyl halides is 2. The summed E-state index contributed by atoms with van der Waals surface area (Å²) in [6, 6.07) is 0. The second kappa shape index (κ2) is 6.32. The topological polar surface area (TPSA) is 12.5 Å². The fraction of sp³-hybridized carbons (Fsp3) is 1.00. The molecule has 0 spiro atoms. The molecule has 1 fully saturated rings. The summed E-state index contributed by atoms with van der Waals surface area (Å²) in [7, 11) is 0. The van der Waals surface area contributed by atoms with Crippen molar-refractivity contribution in [3.8, 4) is 0 Å². The molecule has 68 valence electrons. The van der Waals surface area contributed by atoms with Gasteiger partial charge in [-0.2, -0.15) is 0 Å². The van der Waals surface area contributed by atoms with Gasteiger partial charge in [-0.25, -0.2) is 0 Å². The van der Waals surface area contributed by atoms with E-state index < -0.39 is 0 Å². The van der Waals surface area contributed by atoms with E-state index in [1.54, 1.807) is 0 Å². The highest BCUT2D eigenvalue weighted by atomic mass is 35.5. The van der Waals surface area contributed by atoms with Crippen LogP contribution in [0.3, 0.4) is 0 Å². The Morgan fingerprint density at radius 1 is 1.55 bits per heavy atom. The molecule has 1 heterocycles. The standard InChI is InChI=1S/C6H11Cl2NO.ClH/c7-1-2-9-3-4-10-6(8)5-9;/h6H,1-5H2;1H. The highest BCUT2D eigenvalue weighted by molar-refractivity contribution is 6.20. The summed E-state index contributed by atoms with van der Waals surface area (Å²) in [5.41, 5.74) is -0.142. The van der Waals surface area contributed by atoms with Crippen molar-refractivity contribution in [2.24, 2.45) is 0 Å². The zero-order chi connectivity index (χ0) is 7.40. The molecule has 11 heavy (non-hydrogen) atoms. The molecule has 2 nitrogen and oxygen atoms in total. The fourth-order valence-corrected chi connectivity index (χ4v) is 1.50. The van der Waals surface area contributed by atoms with E-state index in [9.17, 15) is 0 Å². The van der Waals surface area contributed by atoms with Crippen LogP contribution in [0.5, 0.6) is 0 Å². The molecule has 0 aromatic carbocycles. The maximum absolute atomic E-state index is 5.74. The van der Waals surface area contributed by atoms with Gasteiger partial charge in [0.25, 0.3) is 0 Å². The summed E-state index contributed by atoms with van der Waals surface area (Å²) in [6.07, 6.45) is 0. The molecule has 0 N–H and O–H groups in total. The van der Waals surface area contributed by atoms with E-state index in [0.717, 1.165) is 26.2 Å². The van der Waals surface area contributed by atoms with Crippen LogP contribution < -0.4 is 0 Å². The lowest BCUT2D eigenvalue weighted by Crippen LogP contribution is -2.40. The Kier molecular flexibility index (Phi) is 6.78. The van der Waals surface area contributed by atoms with Gasteiger partial charge in [0.05, 0.1) is 6.61 Å². The van der Waals surface area contributed by atoms with Gasteiger partial charge in [-0.1, -0.05) is 11.6 Å². The van der Waals surface area contributed by atoms with Crippen LogP contribution in [0.15, 0.2) is 0 Å².